The summed E-state index contributed by atoms with van der Waals surface area (Å²) in [5, 5.41) is 11.8. The highest BCUT2D eigenvalue weighted by molar-refractivity contribution is 5.83. The van der Waals surface area contributed by atoms with E-state index in [1.54, 1.807) is 4.90 Å². The van der Waals surface area contributed by atoms with Gasteiger partial charge in [-0.1, -0.05) is 0 Å². The molecule has 1 saturated carbocycles. The molecule has 0 bridgehead atoms. The van der Waals surface area contributed by atoms with Crippen LogP contribution in [0.3, 0.4) is 0 Å². The number of nitrogens with zero attached hydrogens (tertiary/aromatic N) is 2. The number of hydrogen-bond donors (Lipinski definition) is 2. The number of piperidine rings is 1. The average Bonchev–Trinajstić information content (AvgIpc) is 3.19. The molecule has 0 radical (unpaired) electrons. The van der Waals surface area contributed by atoms with E-state index in [9.17, 15) is 9.59 Å². The molecule has 108 valence electrons. The third-order valence-electron chi connectivity index (χ3n) is 4.12. The van der Waals surface area contributed by atoms with Crippen LogP contribution in [0.15, 0.2) is 0 Å². The summed E-state index contributed by atoms with van der Waals surface area (Å²) in [5.41, 5.74) is 0. The van der Waals surface area contributed by atoms with Crippen molar-refractivity contribution >= 4 is 12.0 Å². The Hall–Kier alpha value is -1.30. The number of urea groups is 1. The van der Waals surface area contributed by atoms with Gasteiger partial charge >= 0.3 is 12.0 Å². The first-order valence-electron chi connectivity index (χ1n) is 6.93. The molecule has 2 amide bonds. The van der Waals surface area contributed by atoms with E-state index in [2.05, 4.69) is 10.2 Å². The van der Waals surface area contributed by atoms with Crippen LogP contribution in [0.25, 0.3) is 0 Å². The predicted molar refractivity (Wildman–Crippen MR) is 71.0 cm³/mol. The first-order valence-corrected chi connectivity index (χ1v) is 6.93. The van der Waals surface area contributed by atoms with E-state index in [1.807, 2.05) is 14.1 Å². The summed E-state index contributed by atoms with van der Waals surface area (Å²) in [6.07, 6.45) is 3.70. The topological polar surface area (TPSA) is 72.9 Å². The van der Waals surface area contributed by atoms with E-state index >= 15 is 0 Å². The van der Waals surface area contributed by atoms with Crippen LogP contribution in [0.1, 0.15) is 25.7 Å². The van der Waals surface area contributed by atoms with Crippen molar-refractivity contribution in [2.45, 2.75) is 37.8 Å². The highest BCUT2D eigenvalue weighted by Gasteiger charge is 2.38. The van der Waals surface area contributed by atoms with E-state index in [0.717, 1.165) is 25.7 Å². The maximum absolute atomic E-state index is 12.1. The molecule has 1 aliphatic carbocycles. The molecule has 1 aliphatic heterocycles. The Bertz CT molecular complexity index is 347. The maximum Gasteiger partial charge on any atom is 0.326 e. The van der Waals surface area contributed by atoms with Gasteiger partial charge in [-0.15, -0.1) is 0 Å². The maximum atomic E-state index is 12.1. The number of nitrogens with one attached hydrogen (secondary N) is 1. The second-order valence-electron chi connectivity index (χ2n) is 5.78. The summed E-state index contributed by atoms with van der Waals surface area (Å²) in [6.45, 7) is 1.40. The fourth-order valence-electron chi connectivity index (χ4n) is 2.62. The molecular formula is C13H23N3O3. The Kier molecular flexibility index (Phi) is 4.29. The third-order valence-corrected chi connectivity index (χ3v) is 4.12. The molecule has 6 heteroatoms. The van der Waals surface area contributed by atoms with Crippen LogP contribution in [0, 0.1) is 5.92 Å². The zero-order valence-electron chi connectivity index (χ0n) is 11.6. The van der Waals surface area contributed by atoms with E-state index in [1.165, 1.54) is 0 Å². The first-order chi connectivity index (χ1) is 8.99. The standard InChI is InChI=1S/C13H23N3O3/c1-15(2)10-5-7-16(8-6-10)13(19)14-11(12(17)18)9-3-4-9/h9-11H,3-8H2,1-2H3,(H,14,19)(H,17,18). The molecule has 2 aliphatic rings. The molecule has 2 rings (SSSR count). The second kappa shape index (κ2) is 5.77. The fourth-order valence-corrected chi connectivity index (χ4v) is 2.62. The van der Waals surface area contributed by atoms with Crippen molar-refractivity contribution in [1.82, 2.24) is 15.1 Å². The summed E-state index contributed by atoms with van der Waals surface area (Å²) in [5.74, 6) is -0.792. The van der Waals surface area contributed by atoms with E-state index in [0.29, 0.717) is 19.1 Å². The Morgan fingerprint density at radius 3 is 2.21 bits per heavy atom. The van der Waals surface area contributed by atoms with Crippen LogP contribution in [-0.2, 0) is 4.79 Å². The number of carbonyl (C=O) groups excluding carboxylic acids is 1. The van der Waals surface area contributed by atoms with Gasteiger partial charge in [0.15, 0.2) is 0 Å². The van der Waals surface area contributed by atoms with Crippen molar-refractivity contribution in [2.75, 3.05) is 27.2 Å². The molecule has 0 aromatic rings. The van der Waals surface area contributed by atoms with E-state index < -0.39 is 12.0 Å². The number of rotatable bonds is 4. The second-order valence-corrected chi connectivity index (χ2v) is 5.78. The molecule has 1 saturated heterocycles. The van der Waals surface area contributed by atoms with E-state index in [4.69, 9.17) is 5.11 Å². The van der Waals surface area contributed by atoms with Gasteiger partial charge in [0.25, 0.3) is 0 Å². The molecule has 19 heavy (non-hydrogen) atoms. The zero-order chi connectivity index (χ0) is 14.0. The number of carboxylic acid groups (broad SMARTS) is 1. The van der Waals surface area contributed by atoms with Crippen molar-refractivity contribution in [1.29, 1.82) is 0 Å². The van der Waals surface area contributed by atoms with Gasteiger partial charge in [-0.3, -0.25) is 0 Å². The van der Waals surface area contributed by atoms with Crippen LogP contribution in [0.2, 0.25) is 0 Å². The molecule has 2 N–H and O–H groups in total. The van der Waals surface area contributed by atoms with Crippen molar-refractivity contribution < 1.29 is 14.7 Å². The molecule has 1 unspecified atom stereocenters. The summed E-state index contributed by atoms with van der Waals surface area (Å²) < 4.78 is 0. The van der Waals surface area contributed by atoms with Gasteiger partial charge in [0.1, 0.15) is 6.04 Å². The number of carbonyl (C=O) groups is 2. The summed E-state index contributed by atoms with van der Waals surface area (Å²) in [7, 11) is 4.10. The normalized spacial score (nSPS) is 22.4. The van der Waals surface area contributed by atoms with Crippen LogP contribution < -0.4 is 5.32 Å². The predicted octanol–water partition coefficient (Wildman–Crippen LogP) is 0.585. The summed E-state index contributed by atoms with van der Waals surface area (Å²) in [6, 6.07) is -0.418. The number of carboxylic acids is 1. The van der Waals surface area contributed by atoms with Crippen LogP contribution in [-0.4, -0.2) is 66.2 Å². The number of amides is 2. The quantitative estimate of drug-likeness (QED) is 0.783. The SMILES string of the molecule is CN(C)C1CCN(C(=O)NC(C(=O)O)C2CC2)CC1. The Balaban J connectivity index is 1.82. The monoisotopic (exact) mass is 269 g/mol. The molecule has 0 aromatic carbocycles. The number of hydrogen-bond acceptors (Lipinski definition) is 3. The van der Waals surface area contributed by atoms with Gasteiger partial charge < -0.3 is 20.2 Å². The van der Waals surface area contributed by atoms with Gasteiger partial charge in [-0.05, 0) is 45.7 Å². The lowest BCUT2D eigenvalue weighted by Gasteiger charge is -2.35. The minimum Gasteiger partial charge on any atom is -0.480 e. The van der Waals surface area contributed by atoms with Crippen molar-refractivity contribution in [2.24, 2.45) is 5.92 Å². The molecule has 0 aromatic heterocycles. The minimum absolute atomic E-state index is 0.126. The molecule has 6 nitrogen and oxygen atoms in total. The lowest BCUT2D eigenvalue weighted by Crippen LogP contribution is -2.52. The van der Waals surface area contributed by atoms with Gasteiger partial charge in [0.05, 0.1) is 0 Å². The zero-order valence-corrected chi connectivity index (χ0v) is 11.6. The van der Waals surface area contributed by atoms with Crippen molar-refractivity contribution in [3.05, 3.63) is 0 Å². The molecule has 2 fully saturated rings. The van der Waals surface area contributed by atoms with Crippen molar-refractivity contribution in [3.63, 3.8) is 0 Å². The summed E-state index contributed by atoms with van der Waals surface area (Å²) >= 11 is 0. The molecule has 0 spiro atoms. The minimum atomic E-state index is -0.918. The van der Waals surface area contributed by atoms with Crippen LogP contribution >= 0.6 is 0 Å². The molecule has 1 atom stereocenters. The highest BCUT2D eigenvalue weighted by atomic mass is 16.4. The van der Waals surface area contributed by atoms with Crippen LogP contribution in [0.4, 0.5) is 4.79 Å². The number of aliphatic carboxylic acids is 1. The largest absolute Gasteiger partial charge is 0.480 e. The fraction of sp³-hybridized carbons (Fsp3) is 0.846. The Morgan fingerprint density at radius 2 is 1.79 bits per heavy atom. The average molecular weight is 269 g/mol. The van der Waals surface area contributed by atoms with Crippen molar-refractivity contribution in [3.8, 4) is 0 Å². The van der Waals surface area contributed by atoms with E-state index in [-0.39, 0.29) is 11.9 Å². The van der Waals surface area contributed by atoms with Gasteiger partial charge in [-0.2, -0.15) is 0 Å². The highest BCUT2D eigenvalue weighted by Crippen LogP contribution is 2.32. The molecule has 1 heterocycles. The summed E-state index contributed by atoms with van der Waals surface area (Å²) in [4.78, 5) is 27.1. The Morgan fingerprint density at radius 1 is 1.21 bits per heavy atom. The third kappa shape index (κ3) is 3.59. The molecular weight excluding hydrogens is 246 g/mol. The Labute approximate surface area is 113 Å². The van der Waals surface area contributed by atoms with Crippen LogP contribution in [0.5, 0.6) is 0 Å². The first kappa shape index (κ1) is 14.1. The number of likely N-dealkylation sites (tertiary alicyclic amines) is 1. The van der Waals surface area contributed by atoms with Gasteiger partial charge in [0, 0.05) is 19.1 Å². The van der Waals surface area contributed by atoms with Gasteiger partial charge in [-0.25, -0.2) is 9.59 Å². The lowest BCUT2D eigenvalue weighted by molar-refractivity contribution is -0.139. The lowest BCUT2D eigenvalue weighted by atomic mass is 10.0. The van der Waals surface area contributed by atoms with Gasteiger partial charge in [0.2, 0.25) is 0 Å². The smallest absolute Gasteiger partial charge is 0.326 e.